The molecular formula is C24H19F2N3O3. The van der Waals surface area contributed by atoms with Crippen LogP contribution in [0.3, 0.4) is 0 Å². The van der Waals surface area contributed by atoms with Gasteiger partial charge in [0.2, 0.25) is 5.91 Å². The lowest BCUT2D eigenvalue weighted by Gasteiger charge is -2.15. The zero-order chi connectivity index (χ0) is 22.8. The Labute approximate surface area is 181 Å². The molecule has 0 unspecified atom stereocenters. The zero-order valence-corrected chi connectivity index (χ0v) is 17.1. The van der Waals surface area contributed by atoms with Crippen molar-refractivity contribution in [3.8, 4) is 5.69 Å². The van der Waals surface area contributed by atoms with Crippen molar-refractivity contribution in [2.75, 3.05) is 0 Å². The summed E-state index contributed by atoms with van der Waals surface area (Å²) in [5.41, 5.74) is 0.513. The molecule has 0 bridgehead atoms. The number of fused-ring (bicyclic) bond motifs is 1. The molecule has 0 spiro atoms. The van der Waals surface area contributed by atoms with E-state index in [4.69, 9.17) is 0 Å². The molecule has 3 aromatic carbocycles. The van der Waals surface area contributed by atoms with Crippen LogP contribution in [-0.4, -0.2) is 15.0 Å². The summed E-state index contributed by atoms with van der Waals surface area (Å²) < 4.78 is 28.9. The Hall–Kier alpha value is -4.07. The summed E-state index contributed by atoms with van der Waals surface area (Å²) in [6.07, 6.45) is 0. The number of hydrogen-bond donors (Lipinski definition) is 1. The van der Waals surface area contributed by atoms with E-state index in [1.165, 1.54) is 34.9 Å². The second kappa shape index (κ2) is 8.58. The maximum atomic E-state index is 13.8. The number of carbonyl (C=O) groups excluding carboxylic acids is 1. The standard InChI is InChI=1S/C24H19F2N3O3/c1-15-5-10-21-20(11-15)23(31)29(19-4-2-3-18(26)12-19)24(32)28(21)14-22(30)27-13-16-6-8-17(25)9-7-16/h2-12H,13-14H2,1H3,(H,27,30). The third kappa shape index (κ3) is 4.20. The summed E-state index contributed by atoms with van der Waals surface area (Å²) in [5.74, 6) is -1.45. The van der Waals surface area contributed by atoms with E-state index < -0.39 is 23.0 Å². The van der Waals surface area contributed by atoms with Crippen LogP contribution in [0.2, 0.25) is 0 Å². The fourth-order valence-electron chi connectivity index (χ4n) is 3.49. The number of benzene rings is 3. The van der Waals surface area contributed by atoms with Crippen molar-refractivity contribution in [2.45, 2.75) is 20.0 Å². The number of rotatable bonds is 5. The predicted molar refractivity (Wildman–Crippen MR) is 117 cm³/mol. The summed E-state index contributed by atoms with van der Waals surface area (Å²) >= 11 is 0. The lowest BCUT2D eigenvalue weighted by Crippen LogP contribution is -2.41. The Morgan fingerprint density at radius 1 is 0.938 bits per heavy atom. The molecule has 1 heterocycles. The molecule has 32 heavy (non-hydrogen) atoms. The number of hydrogen-bond acceptors (Lipinski definition) is 3. The van der Waals surface area contributed by atoms with Gasteiger partial charge in [-0.3, -0.25) is 14.2 Å². The minimum Gasteiger partial charge on any atom is -0.350 e. The van der Waals surface area contributed by atoms with E-state index in [9.17, 15) is 23.2 Å². The van der Waals surface area contributed by atoms with Crippen molar-refractivity contribution in [3.05, 3.63) is 110 Å². The molecule has 0 atom stereocenters. The second-order valence-electron chi connectivity index (χ2n) is 7.41. The fraction of sp³-hybridized carbons (Fsp3) is 0.125. The number of amides is 1. The Bertz CT molecular complexity index is 1440. The monoisotopic (exact) mass is 435 g/mol. The largest absolute Gasteiger partial charge is 0.350 e. The van der Waals surface area contributed by atoms with E-state index in [-0.39, 0.29) is 30.0 Å². The Balaban J connectivity index is 1.76. The first-order valence-electron chi connectivity index (χ1n) is 9.87. The molecule has 1 amide bonds. The van der Waals surface area contributed by atoms with Crippen molar-refractivity contribution >= 4 is 16.8 Å². The fourth-order valence-corrected chi connectivity index (χ4v) is 3.49. The van der Waals surface area contributed by atoms with Gasteiger partial charge in [0.25, 0.3) is 5.56 Å². The van der Waals surface area contributed by atoms with Gasteiger partial charge >= 0.3 is 5.69 Å². The van der Waals surface area contributed by atoms with Crippen molar-refractivity contribution in [2.24, 2.45) is 0 Å². The first kappa shape index (κ1) is 21.2. The van der Waals surface area contributed by atoms with Crippen molar-refractivity contribution < 1.29 is 13.6 Å². The summed E-state index contributed by atoms with van der Waals surface area (Å²) in [5, 5.41) is 2.92. The zero-order valence-electron chi connectivity index (χ0n) is 17.1. The molecule has 0 aliphatic carbocycles. The van der Waals surface area contributed by atoms with Gasteiger partial charge < -0.3 is 5.32 Å². The van der Waals surface area contributed by atoms with Crippen LogP contribution in [0.1, 0.15) is 11.1 Å². The first-order valence-corrected chi connectivity index (χ1v) is 9.87. The van der Waals surface area contributed by atoms with Crippen molar-refractivity contribution in [1.29, 1.82) is 0 Å². The van der Waals surface area contributed by atoms with Crippen LogP contribution in [0.4, 0.5) is 8.78 Å². The van der Waals surface area contributed by atoms with Gasteiger partial charge in [-0.05, 0) is 55.0 Å². The molecule has 0 saturated heterocycles. The van der Waals surface area contributed by atoms with Gasteiger partial charge in [0.15, 0.2) is 0 Å². The number of aryl methyl sites for hydroxylation is 1. The molecule has 1 N–H and O–H groups in total. The van der Waals surface area contributed by atoms with Crippen LogP contribution in [-0.2, 0) is 17.9 Å². The number of carbonyl (C=O) groups is 1. The second-order valence-corrected chi connectivity index (χ2v) is 7.41. The minimum atomic E-state index is -0.756. The molecule has 0 radical (unpaired) electrons. The van der Waals surface area contributed by atoms with E-state index in [0.29, 0.717) is 11.1 Å². The van der Waals surface area contributed by atoms with Crippen LogP contribution in [0.25, 0.3) is 16.6 Å². The Morgan fingerprint density at radius 2 is 1.69 bits per heavy atom. The van der Waals surface area contributed by atoms with Gasteiger partial charge in [0.05, 0.1) is 16.6 Å². The van der Waals surface area contributed by atoms with E-state index in [2.05, 4.69) is 5.32 Å². The molecule has 0 aliphatic rings. The molecule has 0 fully saturated rings. The quantitative estimate of drug-likeness (QED) is 0.524. The van der Waals surface area contributed by atoms with Gasteiger partial charge in [-0.2, -0.15) is 0 Å². The molecule has 0 saturated carbocycles. The van der Waals surface area contributed by atoms with E-state index in [1.807, 2.05) is 0 Å². The summed E-state index contributed by atoms with van der Waals surface area (Å²) in [6, 6.07) is 15.8. The highest BCUT2D eigenvalue weighted by atomic mass is 19.1. The highest BCUT2D eigenvalue weighted by molar-refractivity contribution is 5.82. The number of nitrogens with zero attached hydrogens (tertiary/aromatic N) is 2. The van der Waals surface area contributed by atoms with Gasteiger partial charge in [0, 0.05) is 6.54 Å². The molecule has 6 nitrogen and oxygen atoms in total. The third-order valence-corrected chi connectivity index (χ3v) is 5.07. The van der Waals surface area contributed by atoms with E-state index in [1.54, 1.807) is 37.3 Å². The van der Waals surface area contributed by atoms with Crippen LogP contribution in [0, 0.1) is 18.6 Å². The smallest absolute Gasteiger partial charge is 0.336 e. The number of nitrogens with one attached hydrogen (secondary N) is 1. The molecule has 1 aromatic heterocycles. The number of aromatic nitrogens is 2. The number of halogens is 2. The topological polar surface area (TPSA) is 73.1 Å². The minimum absolute atomic E-state index is 0.0730. The van der Waals surface area contributed by atoms with Gasteiger partial charge in [-0.25, -0.2) is 18.1 Å². The summed E-state index contributed by atoms with van der Waals surface area (Å²) in [6.45, 7) is 1.60. The normalized spacial score (nSPS) is 11.0. The van der Waals surface area contributed by atoms with Gasteiger partial charge in [-0.1, -0.05) is 29.8 Å². The first-order chi connectivity index (χ1) is 15.3. The van der Waals surface area contributed by atoms with Gasteiger partial charge in [-0.15, -0.1) is 0 Å². The molecule has 162 valence electrons. The SMILES string of the molecule is Cc1ccc2c(c1)c(=O)n(-c1cccc(F)c1)c(=O)n2CC(=O)NCc1ccc(F)cc1. The molecule has 4 rings (SSSR count). The van der Waals surface area contributed by atoms with Gasteiger partial charge in [0.1, 0.15) is 18.2 Å². The van der Waals surface area contributed by atoms with Crippen molar-refractivity contribution in [1.82, 2.24) is 14.5 Å². The lowest BCUT2D eigenvalue weighted by molar-refractivity contribution is -0.121. The molecule has 0 aliphatic heterocycles. The van der Waals surface area contributed by atoms with Crippen molar-refractivity contribution in [3.63, 3.8) is 0 Å². The summed E-state index contributed by atoms with van der Waals surface area (Å²) in [4.78, 5) is 38.9. The van der Waals surface area contributed by atoms with Crippen LogP contribution < -0.4 is 16.6 Å². The van der Waals surface area contributed by atoms with Crippen LogP contribution in [0.15, 0.2) is 76.3 Å². The third-order valence-electron chi connectivity index (χ3n) is 5.07. The van der Waals surface area contributed by atoms with Crippen LogP contribution in [0.5, 0.6) is 0 Å². The van der Waals surface area contributed by atoms with E-state index >= 15 is 0 Å². The maximum Gasteiger partial charge on any atom is 0.336 e. The van der Waals surface area contributed by atoms with E-state index in [0.717, 1.165) is 16.2 Å². The highest BCUT2D eigenvalue weighted by Crippen LogP contribution is 2.13. The molecule has 4 aromatic rings. The maximum absolute atomic E-state index is 13.8. The molecule has 8 heteroatoms. The predicted octanol–water partition coefficient (Wildman–Crippen LogP) is 3.06. The Kier molecular flexibility index (Phi) is 5.68. The Morgan fingerprint density at radius 3 is 2.41 bits per heavy atom. The summed E-state index contributed by atoms with van der Waals surface area (Å²) in [7, 11) is 0. The highest BCUT2D eigenvalue weighted by Gasteiger charge is 2.17. The average molecular weight is 435 g/mol. The molecular weight excluding hydrogens is 416 g/mol. The lowest BCUT2D eigenvalue weighted by atomic mass is 10.1. The average Bonchev–Trinajstić information content (AvgIpc) is 2.76. The van der Waals surface area contributed by atoms with Crippen LogP contribution >= 0.6 is 0 Å².